The molecule has 0 spiro atoms. The molecule has 0 unspecified atom stereocenters. The Morgan fingerprint density at radius 3 is 2.15 bits per heavy atom. The molecule has 0 saturated carbocycles. The zero-order chi connectivity index (χ0) is 29.3. The Labute approximate surface area is 238 Å². The van der Waals surface area contributed by atoms with E-state index in [0.717, 1.165) is 22.4 Å². The maximum atomic E-state index is 13.4. The zero-order valence-electron chi connectivity index (χ0n) is 22.8. The lowest BCUT2D eigenvalue weighted by Crippen LogP contribution is -2.59. The molecule has 5 rings (SSSR count). The predicted octanol–water partition coefficient (Wildman–Crippen LogP) is 2.74. The van der Waals surface area contributed by atoms with E-state index >= 15 is 0 Å². The molecular weight excluding hydrogens is 529 g/mol. The number of aryl methyl sites for hydroxylation is 1. The molecule has 3 aromatic carbocycles. The lowest BCUT2D eigenvalue weighted by molar-refractivity contribution is -0.228. The smallest absolute Gasteiger partial charge is 0.233 e. The lowest BCUT2D eigenvalue weighted by Gasteiger charge is -2.48. The van der Waals surface area contributed by atoms with Crippen molar-refractivity contribution in [3.8, 4) is 0 Å². The summed E-state index contributed by atoms with van der Waals surface area (Å²) in [4.78, 5) is 15.2. The molecular formula is C32H36FNO7. The maximum absolute atomic E-state index is 13.4. The maximum Gasteiger partial charge on any atom is 0.233 e. The second-order valence-corrected chi connectivity index (χ2v) is 11.1. The van der Waals surface area contributed by atoms with Gasteiger partial charge in [0.15, 0.2) is 0 Å². The van der Waals surface area contributed by atoms with Gasteiger partial charge in [0.05, 0.1) is 30.8 Å². The number of aliphatic hydroxyl groups excluding tert-OH is 5. The van der Waals surface area contributed by atoms with Gasteiger partial charge in [0.2, 0.25) is 5.91 Å². The first-order valence-corrected chi connectivity index (χ1v) is 13.9. The number of hydrogen-bond acceptors (Lipinski definition) is 7. The molecule has 2 saturated heterocycles. The van der Waals surface area contributed by atoms with Gasteiger partial charge in [-0.15, -0.1) is 0 Å². The highest BCUT2D eigenvalue weighted by molar-refractivity contribution is 6.03. The molecule has 41 heavy (non-hydrogen) atoms. The molecule has 3 aromatic rings. The second-order valence-electron chi connectivity index (χ2n) is 11.1. The molecule has 0 aliphatic carbocycles. The first kappa shape index (κ1) is 29.3. The first-order valence-electron chi connectivity index (χ1n) is 13.9. The number of aliphatic hydroxyl groups is 5. The number of β-lactam (4-membered cyclic amide) rings is 1. The van der Waals surface area contributed by atoms with E-state index < -0.39 is 43.2 Å². The summed E-state index contributed by atoms with van der Waals surface area (Å²) >= 11 is 0. The van der Waals surface area contributed by atoms with Crippen molar-refractivity contribution in [2.75, 3.05) is 11.5 Å². The Hall–Kier alpha value is -3.18. The summed E-state index contributed by atoms with van der Waals surface area (Å²) in [6, 6.07) is 20.8. The average molecular weight is 566 g/mol. The number of halogens is 1. The van der Waals surface area contributed by atoms with E-state index in [1.807, 2.05) is 55.5 Å². The summed E-state index contributed by atoms with van der Waals surface area (Å²) in [5, 5.41) is 50.8. The summed E-state index contributed by atoms with van der Waals surface area (Å²) in [7, 11) is 0. The molecule has 2 heterocycles. The Kier molecular flexibility index (Phi) is 8.84. The molecule has 0 bridgehead atoms. The van der Waals surface area contributed by atoms with Gasteiger partial charge in [-0.05, 0) is 60.7 Å². The Morgan fingerprint density at radius 2 is 1.51 bits per heavy atom. The van der Waals surface area contributed by atoms with Gasteiger partial charge in [-0.3, -0.25) is 4.79 Å². The minimum absolute atomic E-state index is 0.0319. The van der Waals surface area contributed by atoms with Gasteiger partial charge >= 0.3 is 0 Å². The number of carbonyl (C=O) groups excluding carboxylic acids is 1. The lowest BCUT2D eigenvalue weighted by atomic mass is 9.78. The van der Waals surface area contributed by atoms with Crippen LogP contribution in [0, 0.1) is 18.7 Å². The van der Waals surface area contributed by atoms with E-state index in [4.69, 9.17) is 4.74 Å². The van der Waals surface area contributed by atoms with E-state index in [9.17, 15) is 34.7 Å². The number of rotatable bonds is 9. The minimum atomic E-state index is -1.43. The second kappa shape index (κ2) is 12.4. The summed E-state index contributed by atoms with van der Waals surface area (Å²) < 4.78 is 19.0. The molecule has 2 fully saturated rings. The highest BCUT2D eigenvalue weighted by atomic mass is 19.1. The molecule has 2 aliphatic rings. The van der Waals surface area contributed by atoms with Crippen molar-refractivity contribution in [2.45, 2.75) is 68.9 Å². The summed E-state index contributed by atoms with van der Waals surface area (Å²) in [6.07, 6.45) is -5.72. The van der Waals surface area contributed by atoms with Gasteiger partial charge in [0, 0.05) is 12.1 Å². The van der Waals surface area contributed by atoms with Crippen molar-refractivity contribution in [3.05, 3.63) is 101 Å². The highest BCUT2D eigenvalue weighted by Gasteiger charge is 2.48. The molecule has 0 aromatic heterocycles. The van der Waals surface area contributed by atoms with Crippen LogP contribution in [-0.2, 0) is 16.0 Å². The van der Waals surface area contributed by atoms with E-state index in [1.165, 1.54) is 12.1 Å². The van der Waals surface area contributed by atoms with Crippen LogP contribution in [0.15, 0.2) is 72.8 Å². The average Bonchev–Trinajstić information content (AvgIpc) is 2.98. The third kappa shape index (κ3) is 6.06. The van der Waals surface area contributed by atoms with Crippen molar-refractivity contribution < 1.29 is 39.5 Å². The number of ether oxygens (including phenoxy) is 1. The SMILES string of the molecule is Cc1ccc(N2C(=O)[C@H](CC[C@H](O)c3ccc(F)cc3)[C@H]2c2ccc(C[C@@H]3O[C@H](CO)[C@@H](O)[C@H](O)[C@H]3O)cc2)cc1. The third-order valence-corrected chi connectivity index (χ3v) is 8.28. The molecule has 5 N–H and O–H groups in total. The number of hydrogen-bond donors (Lipinski definition) is 5. The molecule has 1 amide bonds. The molecule has 8 atom stereocenters. The van der Waals surface area contributed by atoms with E-state index in [1.54, 1.807) is 17.0 Å². The van der Waals surface area contributed by atoms with Crippen molar-refractivity contribution >= 4 is 11.6 Å². The third-order valence-electron chi connectivity index (χ3n) is 8.28. The van der Waals surface area contributed by atoms with Crippen LogP contribution in [0.25, 0.3) is 0 Å². The Bertz CT molecular complexity index is 1320. The van der Waals surface area contributed by atoms with Gasteiger partial charge in [0.25, 0.3) is 0 Å². The van der Waals surface area contributed by atoms with Crippen molar-refractivity contribution in [1.82, 2.24) is 0 Å². The Morgan fingerprint density at radius 1 is 0.878 bits per heavy atom. The van der Waals surface area contributed by atoms with Crippen LogP contribution in [0.2, 0.25) is 0 Å². The summed E-state index contributed by atoms with van der Waals surface area (Å²) in [6.45, 7) is 1.50. The van der Waals surface area contributed by atoms with Crippen LogP contribution < -0.4 is 4.90 Å². The minimum Gasteiger partial charge on any atom is -0.394 e. The van der Waals surface area contributed by atoms with E-state index in [2.05, 4.69) is 0 Å². The number of benzene rings is 3. The first-order chi connectivity index (χ1) is 19.7. The molecule has 2 aliphatic heterocycles. The summed E-state index contributed by atoms with van der Waals surface area (Å²) in [5.41, 5.74) is 4.18. The van der Waals surface area contributed by atoms with Crippen LogP contribution in [0.3, 0.4) is 0 Å². The topological polar surface area (TPSA) is 131 Å². The van der Waals surface area contributed by atoms with Crippen LogP contribution in [0.1, 0.15) is 47.2 Å². The van der Waals surface area contributed by atoms with Crippen molar-refractivity contribution in [3.63, 3.8) is 0 Å². The van der Waals surface area contributed by atoms with Gasteiger partial charge in [-0.25, -0.2) is 4.39 Å². The van der Waals surface area contributed by atoms with Crippen molar-refractivity contribution in [2.24, 2.45) is 5.92 Å². The van der Waals surface area contributed by atoms with Gasteiger partial charge in [-0.1, -0.05) is 54.1 Å². The quantitative estimate of drug-likeness (QED) is 0.252. The molecule has 9 heteroatoms. The highest BCUT2D eigenvalue weighted by Crippen LogP contribution is 2.46. The van der Waals surface area contributed by atoms with E-state index in [0.29, 0.717) is 18.4 Å². The number of anilines is 1. The van der Waals surface area contributed by atoms with E-state index in [-0.39, 0.29) is 30.1 Å². The Balaban J connectivity index is 1.33. The van der Waals surface area contributed by atoms with Crippen LogP contribution in [0.5, 0.6) is 0 Å². The standard InChI is InChI=1S/C32H36FNO7/c1-18-2-12-23(13-3-18)34-28(24(32(34)40)14-15-25(36)20-8-10-22(33)11-9-20)21-6-4-19(5-7-21)16-26-29(37)31(39)30(38)27(17-35)41-26/h2-13,24-31,35-39H,14-17H2,1H3/t24-,25+,26+,27-,28-,29+,30-,31-/m1/s1. The van der Waals surface area contributed by atoms with Crippen molar-refractivity contribution in [1.29, 1.82) is 0 Å². The van der Waals surface area contributed by atoms with Crippen LogP contribution in [0.4, 0.5) is 10.1 Å². The van der Waals surface area contributed by atoms with Crippen LogP contribution >= 0.6 is 0 Å². The largest absolute Gasteiger partial charge is 0.394 e. The summed E-state index contributed by atoms with van der Waals surface area (Å²) in [5.74, 6) is -0.767. The zero-order valence-corrected chi connectivity index (χ0v) is 22.8. The monoisotopic (exact) mass is 565 g/mol. The molecule has 8 nitrogen and oxygen atoms in total. The van der Waals surface area contributed by atoms with Gasteiger partial charge in [0.1, 0.15) is 30.2 Å². The number of carbonyl (C=O) groups is 1. The van der Waals surface area contributed by atoms with Crippen LogP contribution in [-0.4, -0.2) is 68.6 Å². The van der Waals surface area contributed by atoms with Gasteiger partial charge < -0.3 is 35.2 Å². The fourth-order valence-corrected chi connectivity index (χ4v) is 5.82. The molecule has 0 radical (unpaired) electrons. The predicted molar refractivity (Wildman–Crippen MR) is 149 cm³/mol. The fourth-order valence-electron chi connectivity index (χ4n) is 5.82. The number of nitrogens with zero attached hydrogens (tertiary/aromatic N) is 1. The fraction of sp³-hybridized carbons (Fsp3) is 0.406. The number of amides is 1. The normalized spacial score (nSPS) is 28.8. The van der Waals surface area contributed by atoms with Gasteiger partial charge in [-0.2, -0.15) is 0 Å². The molecule has 218 valence electrons.